The molecule has 0 N–H and O–H groups in total. The lowest BCUT2D eigenvalue weighted by molar-refractivity contribution is 0.748. The summed E-state index contributed by atoms with van der Waals surface area (Å²) in [4.78, 5) is 10.4. The first-order valence-corrected chi connectivity index (χ1v) is 22.4. The molecule has 0 atom stereocenters. The van der Waals surface area contributed by atoms with Crippen molar-refractivity contribution in [2.24, 2.45) is 0 Å². The van der Waals surface area contributed by atoms with Gasteiger partial charge in [0.25, 0.3) is 0 Å². The number of hydrogen-bond acceptors (Lipinski definition) is 3. The summed E-state index contributed by atoms with van der Waals surface area (Å²) in [6, 6.07) is 77.7. The Balaban J connectivity index is 0.900. The van der Waals surface area contributed by atoms with E-state index in [4.69, 9.17) is 9.97 Å². The highest BCUT2D eigenvalue weighted by Crippen LogP contribution is 2.61. The summed E-state index contributed by atoms with van der Waals surface area (Å²) in [7, 11) is 0. The molecular formula is C59H35N3S. The zero-order valence-corrected chi connectivity index (χ0v) is 34.8. The number of thiophene rings is 1. The van der Waals surface area contributed by atoms with Gasteiger partial charge in [-0.2, -0.15) is 0 Å². The second kappa shape index (κ2) is 13.0. The number of aromatic nitrogens is 3. The van der Waals surface area contributed by atoms with Crippen LogP contribution >= 0.6 is 11.3 Å². The van der Waals surface area contributed by atoms with E-state index in [1.165, 1.54) is 86.6 Å². The van der Waals surface area contributed by atoms with E-state index < -0.39 is 5.41 Å². The minimum absolute atomic E-state index is 0.419. The SMILES string of the molecule is c1ccc(-c2cc(-c3ccc4c(c3)sc3ccccc34)nc(-c3ccc(-c4ccc5c(c4)c4cccc6c4n5-c4ccccc4C64c5ccccc5-c5ccccc54)cc3)n2)cc1. The molecule has 4 heterocycles. The van der Waals surface area contributed by atoms with Gasteiger partial charge in [0.05, 0.1) is 33.5 Å². The van der Waals surface area contributed by atoms with E-state index in [1.54, 1.807) is 0 Å². The van der Waals surface area contributed by atoms with Gasteiger partial charge in [0.2, 0.25) is 0 Å². The standard InChI is InChI=1S/C59H35N3S/c1-2-13-37(14-3-1)51-35-52(40-29-31-44-43-17-6-11-24-55(43)63-56(44)34-40)61-58(60-51)38-27-25-36(26-28-38)39-30-32-53-46(33-39)45-18-12-22-50-57(45)62(53)54-23-10-9-21-49(54)59(50)47-19-7-4-15-41(47)42-16-5-8-20-48(42)59/h1-35H. The Bertz CT molecular complexity index is 3810. The zero-order valence-electron chi connectivity index (χ0n) is 34.0. The van der Waals surface area contributed by atoms with E-state index in [-0.39, 0.29) is 0 Å². The molecule has 0 saturated heterocycles. The Morgan fingerprint density at radius 3 is 1.78 bits per heavy atom. The van der Waals surface area contributed by atoms with Crippen LogP contribution in [-0.2, 0) is 5.41 Å². The first-order valence-electron chi connectivity index (χ1n) is 21.6. The normalized spacial score (nSPS) is 13.2. The Labute approximate surface area is 367 Å². The molecule has 292 valence electrons. The quantitative estimate of drug-likeness (QED) is 0.177. The molecule has 0 amide bonds. The van der Waals surface area contributed by atoms with Crippen molar-refractivity contribution >= 4 is 53.3 Å². The maximum atomic E-state index is 5.23. The Kier molecular flexibility index (Phi) is 7.20. The van der Waals surface area contributed by atoms with Crippen LogP contribution < -0.4 is 0 Å². The molecule has 9 aromatic carbocycles. The van der Waals surface area contributed by atoms with Crippen molar-refractivity contribution in [3.8, 4) is 61.8 Å². The van der Waals surface area contributed by atoms with Crippen LogP contribution in [0, 0.1) is 0 Å². The van der Waals surface area contributed by atoms with Crippen molar-refractivity contribution in [3.63, 3.8) is 0 Å². The molecule has 1 spiro atoms. The maximum absolute atomic E-state index is 5.23. The van der Waals surface area contributed by atoms with Crippen LogP contribution in [0.25, 0.3) is 104 Å². The lowest BCUT2D eigenvalue weighted by Gasteiger charge is -2.39. The van der Waals surface area contributed by atoms with Crippen LogP contribution in [0.5, 0.6) is 0 Å². The fraction of sp³-hybridized carbons (Fsp3) is 0.0169. The summed E-state index contributed by atoms with van der Waals surface area (Å²) in [6.45, 7) is 0. The topological polar surface area (TPSA) is 30.7 Å². The van der Waals surface area contributed by atoms with E-state index in [0.717, 1.165) is 33.6 Å². The van der Waals surface area contributed by atoms with Crippen LogP contribution in [-0.4, -0.2) is 14.5 Å². The number of nitrogens with zero attached hydrogens (tertiary/aromatic N) is 3. The summed E-state index contributed by atoms with van der Waals surface area (Å²) in [6.07, 6.45) is 0. The fourth-order valence-electron chi connectivity index (χ4n) is 10.9. The van der Waals surface area contributed by atoms with Crippen molar-refractivity contribution in [2.75, 3.05) is 0 Å². The smallest absolute Gasteiger partial charge is 0.160 e. The minimum Gasteiger partial charge on any atom is -0.309 e. The first kappa shape index (κ1) is 34.8. The summed E-state index contributed by atoms with van der Waals surface area (Å²) in [5.41, 5.74) is 18.6. The molecule has 0 fully saturated rings. The molecule has 0 unspecified atom stereocenters. The van der Waals surface area contributed by atoms with Crippen LogP contribution in [0.2, 0.25) is 0 Å². The third-order valence-corrected chi connectivity index (χ3v) is 14.8. The van der Waals surface area contributed by atoms with Gasteiger partial charge in [-0.15, -0.1) is 11.3 Å². The highest BCUT2D eigenvalue weighted by atomic mass is 32.1. The van der Waals surface area contributed by atoms with Gasteiger partial charge in [-0.25, -0.2) is 9.97 Å². The number of para-hydroxylation sites is 2. The van der Waals surface area contributed by atoms with Crippen molar-refractivity contribution < 1.29 is 0 Å². The second-order valence-corrected chi connectivity index (χ2v) is 17.9. The molecule has 63 heavy (non-hydrogen) atoms. The van der Waals surface area contributed by atoms with E-state index in [9.17, 15) is 0 Å². The summed E-state index contributed by atoms with van der Waals surface area (Å²) in [5, 5.41) is 5.09. The van der Waals surface area contributed by atoms with E-state index >= 15 is 0 Å². The molecule has 3 aromatic heterocycles. The second-order valence-electron chi connectivity index (χ2n) is 16.8. The van der Waals surface area contributed by atoms with Crippen LogP contribution in [0.4, 0.5) is 0 Å². The van der Waals surface area contributed by atoms with Gasteiger partial charge in [-0.3, -0.25) is 0 Å². The molecule has 0 radical (unpaired) electrons. The molecule has 3 nitrogen and oxygen atoms in total. The molecule has 0 bridgehead atoms. The first-order chi connectivity index (χ1) is 31.2. The number of hydrogen-bond donors (Lipinski definition) is 0. The summed E-state index contributed by atoms with van der Waals surface area (Å²) in [5.74, 6) is 0.710. The van der Waals surface area contributed by atoms with Crippen molar-refractivity contribution in [2.45, 2.75) is 5.41 Å². The average molecular weight is 818 g/mol. The molecular weight excluding hydrogens is 783 g/mol. The predicted molar refractivity (Wildman–Crippen MR) is 262 cm³/mol. The third kappa shape index (κ3) is 4.84. The van der Waals surface area contributed by atoms with Gasteiger partial charge >= 0.3 is 0 Å². The molecule has 4 heteroatoms. The molecule has 1 aliphatic heterocycles. The van der Waals surface area contributed by atoms with Crippen molar-refractivity contribution in [3.05, 3.63) is 235 Å². The Hall–Kier alpha value is -7.92. The third-order valence-electron chi connectivity index (χ3n) is 13.6. The van der Waals surface area contributed by atoms with Gasteiger partial charge < -0.3 is 4.57 Å². The van der Waals surface area contributed by atoms with Gasteiger partial charge in [0.15, 0.2) is 5.82 Å². The van der Waals surface area contributed by atoms with Crippen LogP contribution in [0.3, 0.4) is 0 Å². The zero-order chi connectivity index (χ0) is 41.2. The number of fused-ring (bicyclic) bond motifs is 15. The van der Waals surface area contributed by atoms with E-state index in [0.29, 0.717) is 5.82 Å². The largest absolute Gasteiger partial charge is 0.309 e. The van der Waals surface area contributed by atoms with Crippen molar-refractivity contribution in [1.82, 2.24) is 14.5 Å². The van der Waals surface area contributed by atoms with Gasteiger partial charge in [0.1, 0.15) is 0 Å². The van der Waals surface area contributed by atoms with Crippen molar-refractivity contribution in [1.29, 1.82) is 0 Å². The Morgan fingerprint density at radius 1 is 0.365 bits per heavy atom. The minimum atomic E-state index is -0.419. The molecule has 1 aliphatic carbocycles. The maximum Gasteiger partial charge on any atom is 0.160 e. The van der Waals surface area contributed by atoms with Gasteiger partial charge in [0, 0.05) is 47.6 Å². The lowest BCUT2D eigenvalue weighted by atomic mass is 9.65. The monoisotopic (exact) mass is 817 g/mol. The molecule has 14 rings (SSSR count). The molecule has 12 aromatic rings. The number of rotatable bonds is 4. The highest BCUT2D eigenvalue weighted by molar-refractivity contribution is 7.25. The molecule has 0 saturated carbocycles. The van der Waals surface area contributed by atoms with Gasteiger partial charge in [-0.05, 0) is 80.9 Å². The van der Waals surface area contributed by atoms with Gasteiger partial charge in [-0.1, -0.05) is 176 Å². The van der Waals surface area contributed by atoms with E-state index in [2.05, 4.69) is 211 Å². The molecule has 2 aliphatic rings. The predicted octanol–water partition coefficient (Wildman–Crippen LogP) is 15.3. The average Bonchev–Trinajstić information content (AvgIpc) is 4.00. The van der Waals surface area contributed by atoms with E-state index in [1.807, 2.05) is 17.4 Å². The summed E-state index contributed by atoms with van der Waals surface area (Å²) < 4.78 is 5.08. The summed E-state index contributed by atoms with van der Waals surface area (Å²) >= 11 is 1.83. The number of benzene rings is 9. The highest BCUT2D eigenvalue weighted by Gasteiger charge is 2.50. The van der Waals surface area contributed by atoms with Crippen LogP contribution in [0.1, 0.15) is 22.3 Å². The lowest BCUT2D eigenvalue weighted by Crippen LogP contribution is -2.33. The Morgan fingerprint density at radius 2 is 0.968 bits per heavy atom. The fourth-order valence-corrected chi connectivity index (χ4v) is 12.1. The van der Waals surface area contributed by atoms with Crippen LogP contribution in [0.15, 0.2) is 212 Å².